The van der Waals surface area contributed by atoms with Gasteiger partial charge in [0.25, 0.3) is 0 Å². The van der Waals surface area contributed by atoms with Crippen LogP contribution < -0.4 is 10.6 Å². The van der Waals surface area contributed by atoms with E-state index in [0.717, 1.165) is 25.9 Å². The Hall–Kier alpha value is -0.610. The van der Waals surface area contributed by atoms with E-state index in [1.54, 1.807) is 7.11 Å². The summed E-state index contributed by atoms with van der Waals surface area (Å²) in [5.41, 5.74) is -0.201. The van der Waals surface area contributed by atoms with Gasteiger partial charge >= 0.3 is 0 Å². The summed E-state index contributed by atoms with van der Waals surface area (Å²) in [6.07, 6.45) is 1.83. The molecular weight excluding hydrogens is 192 g/mol. The van der Waals surface area contributed by atoms with Gasteiger partial charge in [-0.15, -0.1) is 0 Å². The number of nitrogens with one attached hydrogen (secondary N) is 2. The fraction of sp³-hybridized carbons (Fsp3) is 0.909. The van der Waals surface area contributed by atoms with Gasteiger partial charge in [0.2, 0.25) is 5.91 Å². The third-order valence-corrected chi connectivity index (χ3v) is 3.05. The Morgan fingerprint density at radius 3 is 2.67 bits per heavy atom. The van der Waals surface area contributed by atoms with Crippen molar-refractivity contribution in [2.45, 2.75) is 32.7 Å². The quantitative estimate of drug-likeness (QED) is 0.717. The van der Waals surface area contributed by atoms with Crippen molar-refractivity contribution in [3.05, 3.63) is 0 Å². The van der Waals surface area contributed by atoms with E-state index in [9.17, 15) is 4.79 Å². The van der Waals surface area contributed by atoms with Gasteiger partial charge < -0.3 is 15.4 Å². The summed E-state index contributed by atoms with van der Waals surface area (Å²) in [6, 6.07) is 0.0919. The Labute approximate surface area is 91.8 Å². The Balaban J connectivity index is 2.44. The molecule has 4 nitrogen and oxygen atoms in total. The molecule has 0 spiro atoms. The van der Waals surface area contributed by atoms with E-state index in [0.29, 0.717) is 6.61 Å². The number of hydrogen-bond donors (Lipinski definition) is 2. The predicted octanol–water partition coefficient (Wildman–Crippen LogP) is 0.527. The molecule has 0 bridgehead atoms. The number of hydrogen-bond acceptors (Lipinski definition) is 3. The number of ether oxygens (including phenoxy) is 1. The van der Waals surface area contributed by atoms with Crippen LogP contribution in [0.2, 0.25) is 0 Å². The number of rotatable bonds is 4. The van der Waals surface area contributed by atoms with Crippen LogP contribution in [0.5, 0.6) is 0 Å². The summed E-state index contributed by atoms with van der Waals surface area (Å²) in [5.74, 6) is 0.161. The van der Waals surface area contributed by atoms with E-state index < -0.39 is 0 Å². The Bertz CT molecular complexity index is 213. The molecule has 0 aromatic carbocycles. The third kappa shape index (κ3) is 3.47. The minimum atomic E-state index is -0.201. The predicted molar refractivity (Wildman–Crippen MR) is 59.7 cm³/mol. The van der Waals surface area contributed by atoms with E-state index in [-0.39, 0.29) is 17.4 Å². The van der Waals surface area contributed by atoms with E-state index in [4.69, 9.17) is 4.74 Å². The zero-order chi connectivity index (χ0) is 11.3. The van der Waals surface area contributed by atoms with Gasteiger partial charge in [-0.2, -0.15) is 0 Å². The standard InChI is InChI=1S/C11H22N2O2/c1-9(8-15-3)13-10(14)11(2)4-6-12-7-5-11/h9,12H,4-8H2,1-3H3,(H,13,14). The van der Waals surface area contributed by atoms with Gasteiger partial charge in [-0.25, -0.2) is 0 Å². The van der Waals surface area contributed by atoms with Gasteiger partial charge in [-0.1, -0.05) is 6.92 Å². The molecule has 1 aliphatic rings. The average molecular weight is 214 g/mol. The molecule has 88 valence electrons. The van der Waals surface area contributed by atoms with E-state index in [2.05, 4.69) is 10.6 Å². The SMILES string of the molecule is COCC(C)NC(=O)C1(C)CCNCC1. The first-order chi connectivity index (χ1) is 7.08. The van der Waals surface area contributed by atoms with Crippen molar-refractivity contribution in [1.29, 1.82) is 0 Å². The molecule has 0 aromatic heterocycles. The number of piperidine rings is 1. The summed E-state index contributed by atoms with van der Waals surface area (Å²) in [6.45, 7) is 6.44. The average Bonchev–Trinajstić information content (AvgIpc) is 2.19. The lowest BCUT2D eigenvalue weighted by Crippen LogP contribution is -2.49. The maximum absolute atomic E-state index is 12.0. The summed E-state index contributed by atoms with van der Waals surface area (Å²) in [5, 5.41) is 6.27. The van der Waals surface area contributed by atoms with Crippen molar-refractivity contribution < 1.29 is 9.53 Å². The second-order valence-electron chi connectivity index (χ2n) is 4.64. The van der Waals surface area contributed by atoms with Crippen molar-refractivity contribution >= 4 is 5.91 Å². The van der Waals surface area contributed by atoms with Crippen molar-refractivity contribution in [1.82, 2.24) is 10.6 Å². The maximum atomic E-state index is 12.0. The molecule has 1 unspecified atom stereocenters. The molecule has 1 aliphatic heterocycles. The van der Waals surface area contributed by atoms with Gasteiger partial charge in [0, 0.05) is 18.6 Å². The smallest absolute Gasteiger partial charge is 0.226 e. The first-order valence-corrected chi connectivity index (χ1v) is 5.59. The van der Waals surface area contributed by atoms with Crippen LogP contribution in [-0.4, -0.2) is 38.8 Å². The second kappa shape index (κ2) is 5.47. The number of methoxy groups -OCH3 is 1. The Morgan fingerprint density at radius 1 is 1.53 bits per heavy atom. The molecule has 0 aliphatic carbocycles. The van der Waals surface area contributed by atoms with Crippen molar-refractivity contribution in [3.63, 3.8) is 0 Å². The second-order valence-corrected chi connectivity index (χ2v) is 4.64. The topological polar surface area (TPSA) is 50.4 Å². The molecule has 4 heteroatoms. The van der Waals surface area contributed by atoms with Crippen LogP contribution in [0.1, 0.15) is 26.7 Å². The molecule has 1 fully saturated rings. The van der Waals surface area contributed by atoms with Gasteiger partial charge in [-0.3, -0.25) is 4.79 Å². The number of amides is 1. The minimum absolute atomic E-state index is 0.0919. The molecule has 1 heterocycles. The van der Waals surface area contributed by atoms with Crippen LogP contribution in [0.15, 0.2) is 0 Å². The normalized spacial score (nSPS) is 22.1. The first-order valence-electron chi connectivity index (χ1n) is 5.59. The van der Waals surface area contributed by atoms with Crippen molar-refractivity contribution in [3.8, 4) is 0 Å². The van der Waals surface area contributed by atoms with E-state index in [1.807, 2.05) is 13.8 Å². The fourth-order valence-corrected chi connectivity index (χ4v) is 1.90. The van der Waals surface area contributed by atoms with Crippen LogP contribution in [0.25, 0.3) is 0 Å². The largest absolute Gasteiger partial charge is 0.383 e. The summed E-state index contributed by atoms with van der Waals surface area (Å²) < 4.78 is 5.00. The van der Waals surface area contributed by atoms with E-state index in [1.165, 1.54) is 0 Å². The molecular formula is C11H22N2O2. The molecule has 1 atom stereocenters. The van der Waals surface area contributed by atoms with Gasteiger partial charge in [-0.05, 0) is 32.9 Å². The third-order valence-electron chi connectivity index (χ3n) is 3.05. The molecule has 1 saturated heterocycles. The summed E-state index contributed by atoms with van der Waals surface area (Å²) in [7, 11) is 1.65. The van der Waals surface area contributed by atoms with Crippen LogP contribution in [0.3, 0.4) is 0 Å². The van der Waals surface area contributed by atoms with Gasteiger partial charge in [0.15, 0.2) is 0 Å². The lowest BCUT2D eigenvalue weighted by Gasteiger charge is -2.33. The number of carbonyl (C=O) groups excluding carboxylic acids is 1. The zero-order valence-corrected chi connectivity index (χ0v) is 9.93. The van der Waals surface area contributed by atoms with Gasteiger partial charge in [0.1, 0.15) is 0 Å². The molecule has 0 aromatic rings. The highest BCUT2D eigenvalue weighted by atomic mass is 16.5. The lowest BCUT2D eigenvalue weighted by molar-refractivity contribution is -0.132. The van der Waals surface area contributed by atoms with Crippen molar-refractivity contribution in [2.75, 3.05) is 26.8 Å². The zero-order valence-electron chi connectivity index (χ0n) is 9.93. The van der Waals surface area contributed by atoms with Crippen LogP contribution in [-0.2, 0) is 9.53 Å². The van der Waals surface area contributed by atoms with Crippen LogP contribution >= 0.6 is 0 Å². The number of carbonyl (C=O) groups is 1. The van der Waals surface area contributed by atoms with Crippen LogP contribution in [0.4, 0.5) is 0 Å². The monoisotopic (exact) mass is 214 g/mol. The van der Waals surface area contributed by atoms with E-state index >= 15 is 0 Å². The van der Waals surface area contributed by atoms with Gasteiger partial charge in [0.05, 0.1) is 6.61 Å². The molecule has 1 rings (SSSR count). The molecule has 15 heavy (non-hydrogen) atoms. The Morgan fingerprint density at radius 2 is 2.13 bits per heavy atom. The lowest BCUT2D eigenvalue weighted by atomic mass is 9.80. The molecule has 0 saturated carbocycles. The summed E-state index contributed by atoms with van der Waals surface area (Å²) in [4.78, 5) is 12.0. The highest BCUT2D eigenvalue weighted by Crippen LogP contribution is 2.27. The fourth-order valence-electron chi connectivity index (χ4n) is 1.90. The van der Waals surface area contributed by atoms with Crippen molar-refractivity contribution in [2.24, 2.45) is 5.41 Å². The highest BCUT2D eigenvalue weighted by molar-refractivity contribution is 5.82. The maximum Gasteiger partial charge on any atom is 0.226 e. The van der Waals surface area contributed by atoms with Crippen LogP contribution in [0, 0.1) is 5.41 Å². The Kier molecular flexibility index (Phi) is 4.54. The molecule has 2 N–H and O–H groups in total. The first kappa shape index (κ1) is 12.5. The minimum Gasteiger partial charge on any atom is -0.383 e. The highest BCUT2D eigenvalue weighted by Gasteiger charge is 2.34. The molecule has 0 radical (unpaired) electrons. The summed E-state index contributed by atoms with van der Waals surface area (Å²) >= 11 is 0. The molecule has 1 amide bonds.